The van der Waals surface area contributed by atoms with Gasteiger partial charge in [0.2, 0.25) is 5.91 Å². The van der Waals surface area contributed by atoms with E-state index in [-0.39, 0.29) is 18.6 Å². The molecule has 1 aromatic rings. The Morgan fingerprint density at radius 3 is 3.05 bits per heavy atom. The minimum atomic E-state index is 0.0371. The van der Waals surface area contributed by atoms with Crippen LogP contribution >= 0.6 is 11.8 Å². The zero-order valence-corrected chi connectivity index (χ0v) is 12.7. The number of nitrogens with one attached hydrogen (secondary N) is 1. The van der Waals surface area contributed by atoms with Crippen molar-refractivity contribution in [3.63, 3.8) is 0 Å². The highest BCUT2D eigenvalue weighted by Crippen LogP contribution is 2.24. The lowest BCUT2D eigenvalue weighted by Gasteiger charge is -2.22. The van der Waals surface area contributed by atoms with Crippen LogP contribution in [0.25, 0.3) is 0 Å². The van der Waals surface area contributed by atoms with Gasteiger partial charge >= 0.3 is 0 Å². The Morgan fingerprint density at radius 2 is 2.30 bits per heavy atom. The lowest BCUT2D eigenvalue weighted by atomic mass is 10.2. The summed E-state index contributed by atoms with van der Waals surface area (Å²) in [6, 6.07) is 8.06. The first-order valence-corrected chi connectivity index (χ1v) is 8.25. The van der Waals surface area contributed by atoms with E-state index in [0.717, 1.165) is 36.5 Å². The molecule has 2 rings (SSSR count). The van der Waals surface area contributed by atoms with Crippen molar-refractivity contribution in [3.8, 4) is 0 Å². The number of benzene rings is 1. The SMILES string of the molecule is CSc1ccccc1NC(=O)CCN1CCC[C@@H]1CO. The van der Waals surface area contributed by atoms with E-state index in [2.05, 4.69) is 10.2 Å². The van der Waals surface area contributed by atoms with Crippen LogP contribution in [0.5, 0.6) is 0 Å². The Balaban J connectivity index is 1.83. The van der Waals surface area contributed by atoms with E-state index in [1.807, 2.05) is 30.5 Å². The smallest absolute Gasteiger partial charge is 0.225 e. The summed E-state index contributed by atoms with van der Waals surface area (Å²) in [5.41, 5.74) is 0.880. The van der Waals surface area contributed by atoms with Crippen LogP contribution in [0.1, 0.15) is 19.3 Å². The van der Waals surface area contributed by atoms with Crippen molar-refractivity contribution in [3.05, 3.63) is 24.3 Å². The van der Waals surface area contributed by atoms with Crippen LogP contribution in [0, 0.1) is 0 Å². The van der Waals surface area contributed by atoms with Crippen molar-refractivity contribution in [1.82, 2.24) is 4.90 Å². The van der Waals surface area contributed by atoms with Gasteiger partial charge in [0.15, 0.2) is 0 Å². The van der Waals surface area contributed by atoms with Gasteiger partial charge in [0.25, 0.3) is 0 Å². The standard InChI is InChI=1S/C15H22N2O2S/c1-20-14-7-3-2-6-13(14)16-15(19)8-10-17-9-4-5-12(17)11-18/h2-3,6-7,12,18H,4-5,8-11H2,1H3,(H,16,19)/t12-/m1/s1. The third-order valence-electron chi connectivity index (χ3n) is 3.72. The van der Waals surface area contributed by atoms with Gasteiger partial charge in [-0.05, 0) is 37.8 Å². The molecule has 5 heteroatoms. The molecule has 1 aromatic carbocycles. The van der Waals surface area contributed by atoms with Gasteiger partial charge < -0.3 is 10.4 Å². The molecule has 1 heterocycles. The lowest BCUT2D eigenvalue weighted by Crippen LogP contribution is -2.34. The van der Waals surface area contributed by atoms with Crippen molar-refractivity contribution in [2.24, 2.45) is 0 Å². The first kappa shape index (κ1) is 15.4. The highest BCUT2D eigenvalue weighted by molar-refractivity contribution is 7.98. The monoisotopic (exact) mass is 294 g/mol. The molecule has 4 nitrogen and oxygen atoms in total. The van der Waals surface area contributed by atoms with Crippen LogP contribution in [0.15, 0.2) is 29.2 Å². The maximum atomic E-state index is 12.0. The number of anilines is 1. The fourth-order valence-corrected chi connectivity index (χ4v) is 3.16. The van der Waals surface area contributed by atoms with E-state index in [9.17, 15) is 9.90 Å². The number of aliphatic hydroxyl groups is 1. The number of carbonyl (C=O) groups excluding carboxylic acids is 1. The van der Waals surface area contributed by atoms with Gasteiger partial charge in [-0.1, -0.05) is 12.1 Å². The molecule has 0 aromatic heterocycles. The second kappa shape index (κ2) is 7.67. The van der Waals surface area contributed by atoms with Crippen molar-refractivity contribution in [1.29, 1.82) is 0 Å². The molecule has 0 unspecified atom stereocenters. The molecule has 110 valence electrons. The van der Waals surface area contributed by atoms with Gasteiger partial charge in [-0.15, -0.1) is 11.8 Å². The summed E-state index contributed by atoms with van der Waals surface area (Å²) < 4.78 is 0. The third-order valence-corrected chi connectivity index (χ3v) is 4.51. The lowest BCUT2D eigenvalue weighted by molar-refractivity contribution is -0.116. The summed E-state index contributed by atoms with van der Waals surface area (Å²) in [5.74, 6) is 0.0371. The number of nitrogens with zero attached hydrogens (tertiary/aromatic N) is 1. The summed E-state index contributed by atoms with van der Waals surface area (Å²) in [4.78, 5) is 15.3. The maximum Gasteiger partial charge on any atom is 0.225 e. The number of para-hydroxylation sites is 1. The van der Waals surface area contributed by atoms with Crippen LogP contribution in [0.2, 0.25) is 0 Å². The van der Waals surface area contributed by atoms with E-state index in [1.54, 1.807) is 11.8 Å². The van der Waals surface area contributed by atoms with Crippen LogP contribution < -0.4 is 5.32 Å². The molecule has 1 fully saturated rings. The number of amides is 1. The minimum absolute atomic E-state index is 0.0371. The average molecular weight is 294 g/mol. The first-order chi connectivity index (χ1) is 9.74. The Kier molecular flexibility index (Phi) is 5.88. The number of rotatable bonds is 6. The molecule has 0 spiro atoms. The summed E-state index contributed by atoms with van der Waals surface area (Å²) >= 11 is 1.63. The fraction of sp³-hybridized carbons (Fsp3) is 0.533. The van der Waals surface area contributed by atoms with Crippen LogP contribution in [-0.4, -0.2) is 47.9 Å². The Hall–Kier alpha value is -1.04. The molecule has 1 aliphatic rings. The molecule has 0 radical (unpaired) electrons. The molecule has 1 atom stereocenters. The van der Waals surface area contributed by atoms with E-state index < -0.39 is 0 Å². The number of likely N-dealkylation sites (tertiary alicyclic amines) is 1. The van der Waals surface area contributed by atoms with E-state index in [4.69, 9.17) is 0 Å². The van der Waals surface area contributed by atoms with E-state index in [1.165, 1.54) is 0 Å². The molecular formula is C15H22N2O2S. The number of aliphatic hydroxyl groups excluding tert-OH is 1. The quantitative estimate of drug-likeness (QED) is 0.790. The maximum absolute atomic E-state index is 12.0. The summed E-state index contributed by atoms with van der Waals surface area (Å²) in [7, 11) is 0. The van der Waals surface area contributed by atoms with Gasteiger partial charge in [-0.2, -0.15) is 0 Å². The summed E-state index contributed by atoms with van der Waals surface area (Å²) in [6.07, 6.45) is 4.62. The van der Waals surface area contributed by atoms with Crippen molar-refractivity contribution in [2.45, 2.75) is 30.2 Å². The Bertz CT molecular complexity index is 453. The molecular weight excluding hydrogens is 272 g/mol. The zero-order valence-electron chi connectivity index (χ0n) is 11.8. The van der Waals surface area contributed by atoms with Gasteiger partial charge in [-0.3, -0.25) is 9.69 Å². The Labute approximate surface area is 124 Å². The fourth-order valence-electron chi connectivity index (χ4n) is 2.60. The van der Waals surface area contributed by atoms with Gasteiger partial charge in [-0.25, -0.2) is 0 Å². The topological polar surface area (TPSA) is 52.6 Å². The van der Waals surface area contributed by atoms with E-state index in [0.29, 0.717) is 6.42 Å². The van der Waals surface area contributed by atoms with Crippen molar-refractivity contribution < 1.29 is 9.90 Å². The molecule has 2 N–H and O–H groups in total. The largest absolute Gasteiger partial charge is 0.395 e. The second-order valence-corrected chi connectivity index (χ2v) is 5.86. The number of carbonyl (C=O) groups is 1. The molecule has 0 bridgehead atoms. The summed E-state index contributed by atoms with van der Waals surface area (Å²) in [6.45, 7) is 1.90. The molecule has 20 heavy (non-hydrogen) atoms. The Morgan fingerprint density at radius 1 is 1.50 bits per heavy atom. The van der Waals surface area contributed by atoms with Crippen LogP contribution in [0.4, 0.5) is 5.69 Å². The molecule has 1 amide bonds. The molecule has 0 aliphatic carbocycles. The van der Waals surface area contributed by atoms with Gasteiger partial charge in [0.1, 0.15) is 0 Å². The third kappa shape index (κ3) is 3.98. The molecule has 1 aliphatic heterocycles. The predicted octanol–water partition coefficient (Wildman–Crippen LogP) is 2.19. The first-order valence-electron chi connectivity index (χ1n) is 7.02. The number of hydrogen-bond acceptors (Lipinski definition) is 4. The number of thioether (sulfide) groups is 1. The summed E-state index contributed by atoms with van der Waals surface area (Å²) in [5, 5.41) is 12.2. The minimum Gasteiger partial charge on any atom is -0.395 e. The molecule has 0 saturated carbocycles. The highest BCUT2D eigenvalue weighted by Gasteiger charge is 2.23. The number of hydrogen-bond donors (Lipinski definition) is 2. The zero-order chi connectivity index (χ0) is 14.4. The van der Waals surface area contributed by atoms with Gasteiger partial charge in [0, 0.05) is 23.9 Å². The normalized spacial score (nSPS) is 19.2. The van der Waals surface area contributed by atoms with Crippen LogP contribution in [0.3, 0.4) is 0 Å². The second-order valence-electron chi connectivity index (χ2n) is 5.01. The predicted molar refractivity (Wildman–Crippen MR) is 83.2 cm³/mol. The average Bonchev–Trinajstić information content (AvgIpc) is 2.93. The molecule has 1 saturated heterocycles. The van der Waals surface area contributed by atoms with Crippen molar-refractivity contribution >= 4 is 23.4 Å². The van der Waals surface area contributed by atoms with Crippen molar-refractivity contribution in [2.75, 3.05) is 31.3 Å². The highest BCUT2D eigenvalue weighted by atomic mass is 32.2. The van der Waals surface area contributed by atoms with E-state index >= 15 is 0 Å². The van der Waals surface area contributed by atoms with Crippen LogP contribution in [-0.2, 0) is 4.79 Å². The van der Waals surface area contributed by atoms with Gasteiger partial charge in [0.05, 0.1) is 12.3 Å².